The van der Waals surface area contributed by atoms with Gasteiger partial charge in [-0.05, 0) is 56.8 Å². The molecule has 2 fully saturated rings. The second kappa shape index (κ2) is 7.62. The van der Waals surface area contributed by atoms with Crippen LogP contribution in [0.25, 0.3) is 5.69 Å². The molecule has 26 heavy (non-hydrogen) atoms. The summed E-state index contributed by atoms with van der Waals surface area (Å²) in [5, 5.41) is 7.99. The number of amides is 1. The molecule has 4 rings (SSSR count). The molecule has 1 saturated carbocycles. The topological polar surface area (TPSA) is 50.2 Å². The third kappa shape index (κ3) is 3.83. The number of hydrogen-bond acceptors (Lipinski definition) is 3. The molecule has 2 heterocycles. The molecular weight excluding hydrogens is 324 g/mol. The highest BCUT2D eigenvalue weighted by molar-refractivity contribution is 5.93. The predicted molar refractivity (Wildman–Crippen MR) is 103 cm³/mol. The molecule has 1 aromatic carbocycles. The summed E-state index contributed by atoms with van der Waals surface area (Å²) in [5.41, 5.74) is 2.66. The van der Waals surface area contributed by atoms with Crippen LogP contribution in [0.1, 0.15) is 61.1 Å². The van der Waals surface area contributed by atoms with Gasteiger partial charge in [0.2, 0.25) is 0 Å². The minimum absolute atomic E-state index is 0.00203. The Morgan fingerprint density at radius 2 is 1.88 bits per heavy atom. The van der Waals surface area contributed by atoms with Crippen LogP contribution in [0.2, 0.25) is 0 Å². The monoisotopic (exact) mass is 352 g/mol. The average Bonchev–Trinajstić information content (AvgIpc) is 3.42. The highest BCUT2D eigenvalue weighted by atomic mass is 16.2. The number of carbonyl (C=O) groups excluding carboxylic acids is 1. The van der Waals surface area contributed by atoms with E-state index in [2.05, 4.69) is 17.1 Å². The van der Waals surface area contributed by atoms with Crippen molar-refractivity contribution in [1.29, 1.82) is 0 Å². The van der Waals surface area contributed by atoms with Crippen LogP contribution in [-0.2, 0) is 0 Å². The van der Waals surface area contributed by atoms with E-state index in [0.29, 0.717) is 11.6 Å². The second-order valence-electron chi connectivity index (χ2n) is 7.57. The number of para-hydroxylation sites is 1. The van der Waals surface area contributed by atoms with E-state index in [4.69, 9.17) is 5.10 Å². The summed E-state index contributed by atoms with van der Waals surface area (Å²) < 4.78 is 1.81. The van der Waals surface area contributed by atoms with E-state index in [0.717, 1.165) is 43.9 Å². The predicted octanol–water partition coefficient (Wildman–Crippen LogP) is 3.35. The van der Waals surface area contributed by atoms with Gasteiger partial charge in [-0.3, -0.25) is 4.79 Å². The Bertz CT molecular complexity index is 743. The first kappa shape index (κ1) is 17.3. The summed E-state index contributed by atoms with van der Waals surface area (Å²) in [6, 6.07) is 12.2. The van der Waals surface area contributed by atoms with E-state index in [1.165, 1.54) is 19.3 Å². The molecule has 5 nitrogen and oxygen atoms in total. The van der Waals surface area contributed by atoms with Gasteiger partial charge in [-0.1, -0.05) is 25.1 Å². The summed E-state index contributed by atoms with van der Waals surface area (Å²) in [7, 11) is 0. The number of piperidine rings is 1. The smallest absolute Gasteiger partial charge is 0.270 e. The summed E-state index contributed by atoms with van der Waals surface area (Å²) in [6.45, 7) is 5.52. The number of nitrogens with one attached hydrogen (secondary N) is 1. The lowest BCUT2D eigenvalue weighted by molar-refractivity contribution is 0.0903. The van der Waals surface area contributed by atoms with Crippen molar-refractivity contribution in [2.75, 3.05) is 19.6 Å². The van der Waals surface area contributed by atoms with Crippen LogP contribution < -0.4 is 5.32 Å². The number of nitrogens with zero attached hydrogens (tertiary/aromatic N) is 3. The maximum atomic E-state index is 13.0. The fourth-order valence-corrected chi connectivity index (χ4v) is 3.78. The Balaban J connectivity index is 1.49. The van der Waals surface area contributed by atoms with Gasteiger partial charge in [0, 0.05) is 25.0 Å². The third-order valence-electron chi connectivity index (χ3n) is 5.42. The van der Waals surface area contributed by atoms with Crippen LogP contribution in [0, 0.1) is 0 Å². The molecule has 1 saturated heterocycles. The van der Waals surface area contributed by atoms with Gasteiger partial charge in [-0.25, -0.2) is 4.68 Å². The van der Waals surface area contributed by atoms with Crippen LogP contribution in [0.15, 0.2) is 36.4 Å². The van der Waals surface area contributed by atoms with E-state index < -0.39 is 0 Å². The van der Waals surface area contributed by atoms with Gasteiger partial charge in [-0.15, -0.1) is 0 Å². The van der Waals surface area contributed by atoms with Crippen LogP contribution in [0.3, 0.4) is 0 Å². The number of aromatic nitrogens is 2. The zero-order valence-electron chi connectivity index (χ0n) is 15.5. The van der Waals surface area contributed by atoms with Gasteiger partial charge in [0.05, 0.1) is 11.4 Å². The fourth-order valence-electron chi connectivity index (χ4n) is 3.78. The first-order chi connectivity index (χ1) is 12.7. The number of hydrogen-bond donors (Lipinski definition) is 1. The van der Waals surface area contributed by atoms with Gasteiger partial charge in [0.25, 0.3) is 5.91 Å². The zero-order valence-corrected chi connectivity index (χ0v) is 15.5. The largest absolute Gasteiger partial charge is 0.348 e. The van der Waals surface area contributed by atoms with E-state index in [1.54, 1.807) is 0 Å². The molecule has 2 aromatic rings. The van der Waals surface area contributed by atoms with Gasteiger partial charge in [-0.2, -0.15) is 5.10 Å². The highest BCUT2D eigenvalue weighted by Crippen LogP contribution is 2.39. The standard InChI is InChI=1S/C21H28N4O/c1-2-12-24-13-10-17(11-14-24)22-21(26)20-15-19(16-8-9-16)23-25(20)18-6-4-3-5-7-18/h3-7,15-17H,2,8-14H2,1H3,(H,22,26). The van der Waals surface area contributed by atoms with Gasteiger partial charge < -0.3 is 10.2 Å². The number of benzene rings is 1. The Morgan fingerprint density at radius 1 is 1.15 bits per heavy atom. The minimum Gasteiger partial charge on any atom is -0.348 e. The molecule has 0 unspecified atom stereocenters. The highest BCUT2D eigenvalue weighted by Gasteiger charge is 2.30. The lowest BCUT2D eigenvalue weighted by Crippen LogP contribution is -2.45. The quantitative estimate of drug-likeness (QED) is 0.867. The molecule has 1 aliphatic carbocycles. The van der Waals surface area contributed by atoms with Crippen molar-refractivity contribution >= 4 is 5.91 Å². The van der Waals surface area contributed by atoms with Crippen LogP contribution in [0.4, 0.5) is 0 Å². The molecular formula is C21H28N4O. The van der Waals surface area contributed by atoms with Crippen molar-refractivity contribution in [3.8, 4) is 5.69 Å². The van der Waals surface area contributed by atoms with E-state index in [1.807, 2.05) is 41.1 Å². The molecule has 1 aliphatic heterocycles. The lowest BCUT2D eigenvalue weighted by atomic mass is 10.0. The second-order valence-corrected chi connectivity index (χ2v) is 7.57. The molecule has 0 radical (unpaired) electrons. The molecule has 0 bridgehead atoms. The van der Waals surface area contributed by atoms with Crippen molar-refractivity contribution in [3.63, 3.8) is 0 Å². The van der Waals surface area contributed by atoms with E-state index >= 15 is 0 Å². The summed E-state index contributed by atoms with van der Waals surface area (Å²) in [6.07, 6.45) is 5.62. The number of rotatable bonds is 6. The number of carbonyl (C=O) groups is 1. The van der Waals surface area contributed by atoms with Gasteiger partial charge >= 0.3 is 0 Å². The average molecular weight is 352 g/mol. The maximum Gasteiger partial charge on any atom is 0.270 e. The van der Waals surface area contributed by atoms with E-state index in [9.17, 15) is 4.79 Å². The number of likely N-dealkylation sites (tertiary alicyclic amines) is 1. The van der Waals surface area contributed by atoms with Gasteiger partial charge in [0.15, 0.2) is 0 Å². The maximum absolute atomic E-state index is 13.0. The van der Waals surface area contributed by atoms with Crippen molar-refractivity contribution in [1.82, 2.24) is 20.0 Å². The SMILES string of the molecule is CCCN1CCC(NC(=O)c2cc(C3CC3)nn2-c2ccccc2)CC1. The Kier molecular flexibility index (Phi) is 5.07. The normalized spacial score (nSPS) is 18.8. The minimum atomic E-state index is 0.00203. The van der Waals surface area contributed by atoms with E-state index in [-0.39, 0.29) is 11.9 Å². The van der Waals surface area contributed by atoms with Gasteiger partial charge in [0.1, 0.15) is 5.69 Å². The van der Waals surface area contributed by atoms with Crippen LogP contribution in [0.5, 0.6) is 0 Å². The molecule has 138 valence electrons. The fraction of sp³-hybridized carbons (Fsp3) is 0.524. The van der Waals surface area contributed by atoms with Crippen molar-refractivity contribution in [2.24, 2.45) is 0 Å². The Labute approximate surface area is 155 Å². The van der Waals surface area contributed by atoms with Crippen molar-refractivity contribution in [3.05, 3.63) is 47.8 Å². The molecule has 0 atom stereocenters. The van der Waals surface area contributed by atoms with Crippen LogP contribution in [-0.4, -0.2) is 46.3 Å². The van der Waals surface area contributed by atoms with Crippen molar-refractivity contribution in [2.45, 2.75) is 51.0 Å². The summed E-state index contributed by atoms with van der Waals surface area (Å²) >= 11 is 0. The zero-order chi connectivity index (χ0) is 17.9. The van der Waals surface area contributed by atoms with Crippen molar-refractivity contribution < 1.29 is 4.79 Å². The third-order valence-corrected chi connectivity index (χ3v) is 5.42. The summed E-state index contributed by atoms with van der Waals surface area (Å²) in [5.74, 6) is 0.533. The molecule has 5 heteroatoms. The molecule has 1 aromatic heterocycles. The molecule has 1 N–H and O–H groups in total. The first-order valence-electron chi connectivity index (χ1n) is 9.93. The molecule has 0 spiro atoms. The molecule has 1 amide bonds. The first-order valence-corrected chi connectivity index (χ1v) is 9.93. The molecule has 2 aliphatic rings. The Morgan fingerprint density at radius 3 is 2.54 bits per heavy atom. The summed E-state index contributed by atoms with van der Waals surface area (Å²) in [4.78, 5) is 15.5. The Hall–Kier alpha value is -2.14. The van der Waals surface area contributed by atoms with Crippen LogP contribution >= 0.6 is 0 Å². The lowest BCUT2D eigenvalue weighted by Gasteiger charge is -2.32.